The lowest BCUT2D eigenvalue weighted by Gasteiger charge is -2.13. The van der Waals surface area contributed by atoms with E-state index in [1.54, 1.807) is 13.8 Å². The standard InChI is InChI=1S/C14H16F2O3/c1-3-9(14(18)19-4-2)13(17)8-10-11(15)6-5-7-12(10)16/h5-7,9H,3-4,8H2,1-2H3/t9-/m0/s1. The van der Waals surface area contributed by atoms with E-state index in [1.807, 2.05) is 0 Å². The summed E-state index contributed by atoms with van der Waals surface area (Å²) in [6, 6.07) is 3.38. The molecule has 0 radical (unpaired) electrons. The molecule has 0 saturated carbocycles. The second-order valence-corrected chi connectivity index (χ2v) is 4.06. The summed E-state index contributed by atoms with van der Waals surface area (Å²) in [7, 11) is 0. The lowest BCUT2D eigenvalue weighted by Crippen LogP contribution is -2.27. The normalized spacial score (nSPS) is 12.0. The van der Waals surface area contributed by atoms with Crippen molar-refractivity contribution in [1.82, 2.24) is 0 Å². The Morgan fingerprint density at radius 2 is 1.79 bits per heavy atom. The van der Waals surface area contributed by atoms with Crippen LogP contribution in [0.2, 0.25) is 0 Å². The fourth-order valence-electron chi connectivity index (χ4n) is 1.77. The van der Waals surface area contributed by atoms with Crippen molar-refractivity contribution < 1.29 is 23.1 Å². The smallest absolute Gasteiger partial charge is 0.316 e. The van der Waals surface area contributed by atoms with E-state index in [1.165, 1.54) is 6.07 Å². The van der Waals surface area contributed by atoms with Crippen molar-refractivity contribution in [1.29, 1.82) is 0 Å². The zero-order valence-electron chi connectivity index (χ0n) is 10.9. The van der Waals surface area contributed by atoms with Crippen LogP contribution in [0, 0.1) is 17.6 Å². The molecular weight excluding hydrogens is 254 g/mol. The van der Waals surface area contributed by atoms with E-state index in [4.69, 9.17) is 4.74 Å². The summed E-state index contributed by atoms with van der Waals surface area (Å²) in [5, 5.41) is 0. The van der Waals surface area contributed by atoms with Crippen molar-refractivity contribution in [3.63, 3.8) is 0 Å². The summed E-state index contributed by atoms with van der Waals surface area (Å²) < 4.78 is 31.6. The highest BCUT2D eigenvalue weighted by molar-refractivity contribution is 5.99. The number of ether oxygens (including phenoxy) is 1. The van der Waals surface area contributed by atoms with Crippen molar-refractivity contribution >= 4 is 11.8 Å². The highest BCUT2D eigenvalue weighted by Crippen LogP contribution is 2.17. The number of carbonyl (C=O) groups is 2. The van der Waals surface area contributed by atoms with Gasteiger partial charge in [-0.3, -0.25) is 9.59 Å². The Morgan fingerprint density at radius 3 is 2.26 bits per heavy atom. The molecule has 0 bridgehead atoms. The van der Waals surface area contributed by atoms with Crippen LogP contribution in [-0.2, 0) is 20.7 Å². The minimum atomic E-state index is -0.973. The van der Waals surface area contributed by atoms with Gasteiger partial charge in [-0.05, 0) is 25.5 Å². The van der Waals surface area contributed by atoms with Gasteiger partial charge < -0.3 is 4.74 Å². The number of hydrogen-bond donors (Lipinski definition) is 0. The van der Waals surface area contributed by atoms with Gasteiger partial charge in [-0.1, -0.05) is 13.0 Å². The molecule has 0 unspecified atom stereocenters. The maximum atomic E-state index is 13.4. The van der Waals surface area contributed by atoms with E-state index < -0.39 is 35.7 Å². The number of benzene rings is 1. The first kappa shape index (κ1) is 15.3. The van der Waals surface area contributed by atoms with Crippen LogP contribution < -0.4 is 0 Å². The van der Waals surface area contributed by atoms with Gasteiger partial charge in [0.25, 0.3) is 0 Å². The van der Waals surface area contributed by atoms with Crippen molar-refractivity contribution in [3.8, 4) is 0 Å². The first-order chi connectivity index (χ1) is 9.01. The zero-order chi connectivity index (χ0) is 14.4. The average molecular weight is 270 g/mol. The van der Waals surface area contributed by atoms with E-state index in [-0.39, 0.29) is 18.6 Å². The molecule has 0 saturated heterocycles. The summed E-state index contributed by atoms with van der Waals surface area (Å²) in [6.45, 7) is 3.44. The maximum absolute atomic E-state index is 13.4. The Morgan fingerprint density at radius 1 is 1.21 bits per heavy atom. The van der Waals surface area contributed by atoms with E-state index in [2.05, 4.69) is 0 Å². The van der Waals surface area contributed by atoms with Gasteiger partial charge >= 0.3 is 5.97 Å². The van der Waals surface area contributed by atoms with Crippen LogP contribution in [-0.4, -0.2) is 18.4 Å². The summed E-state index contributed by atoms with van der Waals surface area (Å²) in [5.41, 5.74) is -0.310. The molecular formula is C14H16F2O3. The third-order valence-electron chi connectivity index (χ3n) is 2.78. The Kier molecular flexibility index (Phi) is 5.60. The highest BCUT2D eigenvalue weighted by atomic mass is 19.1. The molecule has 1 aromatic carbocycles. The van der Waals surface area contributed by atoms with Crippen LogP contribution in [0.25, 0.3) is 0 Å². The van der Waals surface area contributed by atoms with Crippen LogP contribution in [0.4, 0.5) is 8.78 Å². The van der Waals surface area contributed by atoms with Gasteiger partial charge in [0.2, 0.25) is 0 Å². The van der Waals surface area contributed by atoms with Gasteiger partial charge in [-0.2, -0.15) is 0 Å². The molecule has 0 N–H and O–H groups in total. The molecule has 104 valence electrons. The van der Waals surface area contributed by atoms with Crippen molar-refractivity contribution in [2.45, 2.75) is 26.7 Å². The lowest BCUT2D eigenvalue weighted by molar-refractivity contribution is -0.151. The van der Waals surface area contributed by atoms with Gasteiger partial charge in [-0.25, -0.2) is 8.78 Å². The molecule has 3 nitrogen and oxygen atoms in total. The molecule has 5 heteroatoms. The summed E-state index contributed by atoms with van der Waals surface area (Å²) >= 11 is 0. The third-order valence-corrected chi connectivity index (χ3v) is 2.78. The topological polar surface area (TPSA) is 43.4 Å². The fraction of sp³-hybridized carbons (Fsp3) is 0.429. The monoisotopic (exact) mass is 270 g/mol. The van der Waals surface area contributed by atoms with Gasteiger partial charge in [0.1, 0.15) is 17.6 Å². The van der Waals surface area contributed by atoms with E-state index >= 15 is 0 Å². The molecule has 1 atom stereocenters. The largest absolute Gasteiger partial charge is 0.465 e. The van der Waals surface area contributed by atoms with Crippen LogP contribution in [0.15, 0.2) is 18.2 Å². The minimum Gasteiger partial charge on any atom is -0.465 e. The van der Waals surface area contributed by atoms with Crippen molar-refractivity contribution in [3.05, 3.63) is 35.4 Å². The second-order valence-electron chi connectivity index (χ2n) is 4.06. The van der Waals surface area contributed by atoms with E-state index in [9.17, 15) is 18.4 Å². The van der Waals surface area contributed by atoms with Crippen LogP contribution >= 0.6 is 0 Å². The average Bonchev–Trinajstić information content (AvgIpc) is 2.35. The molecule has 1 rings (SSSR count). The van der Waals surface area contributed by atoms with Gasteiger partial charge in [-0.15, -0.1) is 0 Å². The molecule has 0 aliphatic carbocycles. The molecule has 0 spiro atoms. The minimum absolute atomic E-state index is 0.163. The van der Waals surface area contributed by atoms with Crippen LogP contribution in [0.1, 0.15) is 25.8 Å². The Bertz CT molecular complexity index is 452. The number of carbonyl (C=O) groups excluding carboxylic acids is 2. The Balaban J connectivity index is 2.86. The van der Waals surface area contributed by atoms with Gasteiger partial charge in [0.15, 0.2) is 5.78 Å². The van der Waals surface area contributed by atoms with Crippen LogP contribution in [0.5, 0.6) is 0 Å². The molecule has 0 fully saturated rings. The second kappa shape index (κ2) is 6.97. The first-order valence-electron chi connectivity index (χ1n) is 6.13. The van der Waals surface area contributed by atoms with Crippen molar-refractivity contribution in [2.75, 3.05) is 6.61 Å². The third kappa shape index (κ3) is 3.84. The summed E-state index contributed by atoms with van der Waals surface area (Å²) in [4.78, 5) is 23.5. The molecule has 0 aliphatic heterocycles. The SMILES string of the molecule is CCOC(=O)[C@@H](CC)C(=O)Cc1c(F)cccc1F. The summed E-state index contributed by atoms with van der Waals surface area (Å²) in [5.74, 6) is -3.73. The van der Waals surface area contributed by atoms with Crippen molar-refractivity contribution in [2.24, 2.45) is 5.92 Å². The number of esters is 1. The lowest BCUT2D eigenvalue weighted by atomic mass is 9.95. The predicted molar refractivity (Wildman–Crippen MR) is 65.5 cm³/mol. The number of hydrogen-bond acceptors (Lipinski definition) is 3. The first-order valence-corrected chi connectivity index (χ1v) is 6.13. The highest BCUT2D eigenvalue weighted by Gasteiger charge is 2.27. The van der Waals surface area contributed by atoms with Gasteiger partial charge in [0.05, 0.1) is 6.61 Å². The van der Waals surface area contributed by atoms with E-state index in [0.29, 0.717) is 0 Å². The van der Waals surface area contributed by atoms with E-state index in [0.717, 1.165) is 12.1 Å². The quantitative estimate of drug-likeness (QED) is 0.589. The van der Waals surface area contributed by atoms with Gasteiger partial charge in [0, 0.05) is 12.0 Å². The number of Topliss-reactive ketones (excluding diaryl/α,β-unsaturated/α-hetero) is 1. The number of halogens is 2. The Labute approximate surface area is 110 Å². The molecule has 0 heterocycles. The number of rotatable bonds is 6. The molecule has 0 aromatic heterocycles. The predicted octanol–water partition coefficient (Wildman–Crippen LogP) is 2.67. The molecule has 0 amide bonds. The molecule has 0 aliphatic rings. The zero-order valence-corrected chi connectivity index (χ0v) is 10.9. The maximum Gasteiger partial charge on any atom is 0.316 e. The summed E-state index contributed by atoms with van der Waals surface area (Å²) in [6.07, 6.45) is -0.205. The molecule has 1 aromatic rings. The van der Waals surface area contributed by atoms with Crippen LogP contribution in [0.3, 0.4) is 0 Å². The number of ketones is 1. The molecule has 19 heavy (non-hydrogen) atoms. The fourth-order valence-corrected chi connectivity index (χ4v) is 1.77. The Hall–Kier alpha value is -1.78.